The highest BCUT2D eigenvalue weighted by Crippen LogP contribution is 2.37. The van der Waals surface area contributed by atoms with E-state index < -0.39 is 12.1 Å². The van der Waals surface area contributed by atoms with Gasteiger partial charge < -0.3 is 5.11 Å². The van der Waals surface area contributed by atoms with Crippen molar-refractivity contribution < 1.29 is 5.11 Å². The van der Waals surface area contributed by atoms with Crippen molar-refractivity contribution in [1.82, 2.24) is 9.97 Å². The molecule has 2 unspecified atom stereocenters. The number of hydrogen-bond acceptors (Lipinski definition) is 4. The summed E-state index contributed by atoms with van der Waals surface area (Å²) in [5.74, 6) is 0.645. The number of nitrogens with zero attached hydrogens (tertiary/aromatic N) is 3. The number of aliphatic hydroxyl groups excluding tert-OH is 1. The molecular formula is C26H23N3O. The summed E-state index contributed by atoms with van der Waals surface area (Å²) in [6.07, 6.45) is 2.70. The van der Waals surface area contributed by atoms with E-state index in [9.17, 15) is 5.11 Å². The Morgan fingerprint density at radius 2 is 1.37 bits per heavy atom. The molecular weight excluding hydrogens is 370 g/mol. The van der Waals surface area contributed by atoms with Gasteiger partial charge in [-0.1, -0.05) is 91.0 Å². The minimum atomic E-state index is -0.809. The first-order valence-corrected chi connectivity index (χ1v) is 9.96. The minimum absolute atomic E-state index is 0.516. The molecule has 0 amide bonds. The molecule has 0 bridgehead atoms. The van der Waals surface area contributed by atoms with Gasteiger partial charge in [0.2, 0.25) is 0 Å². The Bertz CT molecular complexity index is 1110. The van der Waals surface area contributed by atoms with Gasteiger partial charge in [-0.2, -0.15) is 0 Å². The molecule has 1 N–H and O–H groups in total. The van der Waals surface area contributed by atoms with Crippen molar-refractivity contribution in [1.29, 1.82) is 0 Å². The normalized spacial score (nSPS) is 13.3. The van der Waals surface area contributed by atoms with Crippen LogP contribution < -0.4 is 0 Å². The number of hydrogen-bond donors (Lipinski definition) is 1. The van der Waals surface area contributed by atoms with Gasteiger partial charge in [-0.15, -0.1) is 0 Å². The lowest BCUT2D eigenvalue weighted by Gasteiger charge is -2.22. The van der Waals surface area contributed by atoms with Gasteiger partial charge in [-0.25, -0.2) is 9.97 Å². The third kappa shape index (κ3) is 4.19. The Morgan fingerprint density at radius 3 is 1.97 bits per heavy atom. The Morgan fingerprint density at radius 1 is 0.800 bits per heavy atom. The monoisotopic (exact) mass is 393 g/mol. The van der Waals surface area contributed by atoms with Gasteiger partial charge in [-0.05, 0) is 18.7 Å². The van der Waals surface area contributed by atoms with Crippen LogP contribution in [0, 0.1) is 0 Å². The number of rotatable bonds is 6. The van der Waals surface area contributed by atoms with Gasteiger partial charge in [0.05, 0.1) is 5.69 Å². The van der Waals surface area contributed by atoms with Gasteiger partial charge in [0, 0.05) is 22.9 Å². The molecule has 1 aromatic heterocycles. The highest BCUT2D eigenvalue weighted by atomic mass is 16.3. The Balaban J connectivity index is 1.86. The quantitative estimate of drug-likeness (QED) is 0.429. The molecule has 2 atom stereocenters. The molecule has 0 saturated heterocycles. The minimum Gasteiger partial charge on any atom is -0.386 e. The van der Waals surface area contributed by atoms with Gasteiger partial charge >= 0.3 is 0 Å². The summed E-state index contributed by atoms with van der Waals surface area (Å²) in [4.78, 5) is 14.1. The Labute approximate surface area is 176 Å². The van der Waals surface area contributed by atoms with E-state index in [1.165, 1.54) is 0 Å². The topological polar surface area (TPSA) is 58.4 Å². The fraction of sp³-hybridized carbons (Fsp3) is 0.115. The Kier molecular flexibility index (Phi) is 6.06. The standard InChI is InChI=1S/C26H23N3O/c1-2-27-24(25(30)20-14-8-4-9-15-20)22-18-28-26(21-16-10-5-11-17-21)29-23(22)19-12-6-3-7-13-19/h2-18,24-25,30H,1H3. The first kappa shape index (κ1) is 19.7. The second-order valence-electron chi connectivity index (χ2n) is 6.94. The maximum atomic E-state index is 11.2. The van der Waals surface area contributed by atoms with Crippen molar-refractivity contribution in [2.45, 2.75) is 19.1 Å². The zero-order chi connectivity index (χ0) is 20.8. The van der Waals surface area contributed by atoms with E-state index in [4.69, 9.17) is 4.98 Å². The third-order valence-electron chi connectivity index (χ3n) is 4.96. The summed E-state index contributed by atoms with van der Waals surface area (Å²) in [5.41, 5.74) is 4.27. The molecule has 4 rings (SSSR count). The first-order chi connectivity index (χ1) is 14.8. The van der Waals surface area contributed by atoms with E-state index in [-0.39, 0.29) is 0 Å². The molecule has 0 radical (unpaired) electrons. The Hall–Kier alpha value is -3.63. The summed E-state index contributed by atoms with van der Waals surface area (Å²) in [5, 5.41) is 11.2. The molecule has 0 aliphatic heterocycles. The molecule has 148 valence electrons. The van der Waals surface area contributed by atoms with Crippen LogP contribution in [0.1, 0.15) is 30.2 Å². The van der Waals surface area contributed by atoms with E-state index >= 15 is 0 Å². The lowest BCUT2D eigenvalue weighted by atomic mass is 9.93. The fourth-order valence-electron chi connectivity index (χ4n) is 3.49. The van der Waals surface area contributed by atoms with E-state index in [1.807, 2.05) is 97.9 Å². The molecule has 30 heavy (non-hydrogen) atoms. The molecule has 4 aromatic rings. The smallest absolute Gasteiger partial charge is 0.159 e. The van der Waals surface area contributed by atoms with Gasteiger partial charge in [0.25, 0.3) is 0 Å². The van der Waals surface area contributed by atoms with E-state index in [2.05, 4.69) is 9.98 Å². The third-order valence-corrected chi connectivity index (χ3v) is 4.96. The summed E-state index contributed by atoms with van der Waals surface area (Å²) in [6.45, 7) is 1.85. The number of aliphatic hydroxyl groups is 1. The molecule has 1 heterocycles. The van der Waals surface area contributed by atoms with Crippen molar-refractivity contribution in [3.63, 3.8) is 0 Å². The van der Waals surface area contributed by atoms with Crippen LogP contribution in [0.2, 0.25) is 0 Å². The summed E-state index contributed by atoms with van der Waals surface area (Å²) in [6, 6.07) is 28.9. The summed E-state index contributed by atoms with van der Waals surface area (Å²) < 4.78 is 0. The highest BCUT2D eigenvalue weighted by Gasteiger charge is 2.26. The molecule has 3 aromatic carbocycles. The zero-order valence-corrected chi connectivity index (χ0v) is 16.8. The molecule has 0 aliphatic carbocycles. The second kappa shape index (κ2) is 9.25. The summed E-state index contributed by atoms with van der Waals surface area (Å²) in [7, 11) is 0. The zero-order valence-electron chi connectivity index (χ0n) is 16.8. The van der Waals surface area contributed by atoms with Crippen LogP contribution in [0.15, 0.2) is 102 Å². The van der Waals surface area contributed by atoms with Gasteiger partial charge in [-0.3, -0.25) is 4.99 Å². The van der Waals surface area contributed by atoms with E-state index in [1.54, 1.807) is 12.4 Å². The van der Waals surface area contributed by atoms with Crippen LogP contribution in [-0.2, 0) is 0 Å². The number of aliphatic imine (C=N–C) groups is 1. The largest absolute Gasteiger partial charge is 0.386 e. The van der Waals surface area contributed by atoms with Crippen LogP contribution in [-0.4, -0.2) is 21.3 Å². The van der Waals surface area contributed by atoms with Crippen LogP contribution in [0.25, 0.3) is 22.6 Å². The maximum Gasteiger partial charge on any atom is 0.159 e. The second-order valence-corrected chi connectivity index (χ2v) is 6.94. The summed E-state index contributed by atoms with van der Waals surface area (Å²) >= 11 is 0. The van der Waals surface area contributed by atoms with Crippen molar-refractivity contribution in [2.24, 2.45) is 4.99 Å². The lowest BCUT2D eigenvalue weighted by Crippen LogP contribution is -2.12. The molecule has 0 saturated carbocycles. The van der Waals surface area contributed by atoms with Crippen LogP contribution in [0.3, 0.4) is 0 Å². The van der Waals surface area contributed by atoms with Crippen molar-refractivity contribution in [3.8, 4) is 22.6 Å². The van der Waals surface area contributed by atoms with Crippen LogP contribution >= 0.6 is 0 Å². The highest BCUT2D eigenvalue weighted by molar-refractivity contribution is 5.68. The van der Waals surface area contributed by atoms with Crippen LogP contribution in [0.4, 0.5) is 0 Å². The van der Waals surface area contributed by atoms with Crippen LogP contribution in [0.5, 0.6) is 0 Å². The molecule has 0 aliphatic rings. The molecule has 0 fully saturated rings. The van der Waals surface area contributed by atoms with Crippen molar-refractivity contribution in [3.05, 3.63) is 108 Å². The number of benzene rings is 3. The lowest BCUT2D eigenvalue weighted by molar-refractivity contribution is 0.148. The number of aromatic nitrogens is 2. The van der Waals surface area contributed by atoms with Crippen molar-refractivity contribution in [2.75, 3.05) is 0 Å². The first-order valence-electron chi connectivity index (χ1n) is 9.96. The molecule has 0 spiro atoms. The average molecular weight is 393 g/mol. The fourth-order valence-corrected chi connectivity index (χ4v) is 3.49. The van der Waals surface area contributed by atoms with E-state index in [0.29, 0.717) is 5.82 Å². The van der Waals surface area contributed by atoms with Gasteiger partial charge in [0.1, 0.15) is 12.1 Å². The van der Waals surface area contributed by atoms with Gasteiger partial charge in [0.15, 0.2) is 5.82 Å². The molecule has 4 heteroatoms. The van der Waals surface area contributed by atoms with E-state index in [0.717, 1.165) is 27.9 Å². The predicted octanol–water partition coefficient (Wildman–Crippen LogP) is 5.68. The van der Waals surface area contributed by atoms with Crippen molar-refractivity contribution >= 4 is 6.21 Å². The SMILES string of the molecule is CC=NC(c1cnc(-c2ccccc2)nc1-c1ccccc1)C(O)c1ccccc1. The predicted molar refractivity (Wildman–Crippen MR) is 121 cm³/mol. The maximum absolute atomic E-state index is 11.2. The average Bonchev–Trinajstić information content (AvgIpc) is 2.83. The molecule has 4 nitrogen and oxygen atoms in total.